The molecule has 0 radical (unpaired) electrons. The summed E-state index contributed by atoms with van der Waals surface area (Å²) in [5.41, 5.74) is 2.56. The summed E-state index contributed by atoms with van der Waals surface area (Å²) in [7, 11) is 0. The van der Waals surface area contributed by atoms with Crippen LogP contribution in [0.25, 0.3) is 0 Å². The van der Waals surface area contributed by atoms with Crippen LogP contribution in [0.4, 0.5) is 0 Å². The largest absolute Gasteiger partial charge is 0.504 e. The molecule has 2 saturated heterocycles. The van der Waals surface area contributed by atoms with Crippen LogP contribution in [0.2, 0.25) is 0 Å². The van der Waals surface area contributed by atoms with Crippen molar-refractivity contribution < 1.29 is 29.9 Å². The molecule has 10 nitrogen and oxygen atoms in total. The van der Waals surface area contributed by atoms with Crippen LogP contribution in [-0.4, -0.2) is 103 Å². The maximum atomic E-state index is 12.9. The minimum atomic E-state index is -0.987. The minimum absolute atomic E-state index is 0.00576. The zero-order valence-electron chi connectivity index (χ0n) is 28.5. The molecular formula is C40H46N4O6. The summed E-state index contributed by atoms with van der Waals surface area (Å²) in [5.74, 6) is 2.72. The fourth-order valence-corrected chi connectivity index (χ4v) is 12.9. The quantitative estimate of drug-likeness (QED) is 0.353. The zero-order chi connectivity index (χ0) is 33.4. The maximum absolute atomic E-state index is 12.9. The van der Waals surface area contributed by atoms with Gasteiger partial charge in [0.1, 0.15) is 0 Å². The number of hydrogen-bond donors (Lipinski definition) is 4. The lowest BCUT2D eigenvalue weighted by atomic mass is 9.48. The molecule has 8 atom stereocenters. The van der Waals surface area contributed by atoms with Crippen LogP contribution < -0.4 is 9.47 Å². The van der Waals surface area contributed by atoms with Gasteiger partial charge in [0.05, 0.1) is 33.5 Å². The molecule has 0 amide bonds. The summed E-state index contributed by atoms with van der Waals surface area (Å²) in [4.78, 5) is 5.09. The van der Waals surface area contributed by atoms with E-state index in [1.807, 2.05) is 12.1 Å². The van der Waals surface area contributed by atoms with Crippen molar-refractivity contribution in [3.05, 3.63) is 46.5 Å². The smallest absolute Gasteiger partial charge is 0.166 e. The lowest BCUT2D eigenvalue weighted by Crippen LogP contribution is -2.76. The predicted octanol–water partition coefficient (Wildman–Crippen LogP) is 3.72. The molecule has 6 aliphatic carbocycles. The second-order valence-corrected chi connectivity index (χ2v) is 17.7. The topological polar surface area (TPSA) is 131 Å². The number of phenols is 2. The Kier molecular flexibility index (Phi) is 5.54. The van der Waals surface area contributed by atoms with Crippen molar-refractivity contribution in [3.63, 3.8) is 0 Å². The van der Waals surface area contributed by atoms with Crippen LogP contribution in [0.1, 0.15) is 86.5 Å². The van der Waals surface area contributed by atoms with Crippen molar-refractivity contribution in [1.29, 1.82) is 0 Å². The maximum Gasteiger partial charge on any atom is 0.166 e. The third-order valence-corrected chi connectivity index (χ3v) is 15.5. The highest BCUT2D eigenvalue weighted by Crippen LogP contribution is 2.67. The van der Waals surface area contributed by atoms with E-state index in [0.29, 0.717) is 37.2 Å². The van der Waals surface area contributed by atoms with Crippen molar-refractivity contribution in [2.45, 2.75) is 123 Å². The first-order chi connectivity index (χ1) is 24.2. The van der Waals surface area contributed by atoms with Crippen LogP contribution in [0.3, 0.4) is 0 Å². The summed E-state index contributed by atoms with van der Waals surface area (Å²) < 4.78 is 13.5. The van der Waals surface area contributed by atoms with Gasteiger partial charge in [0.25, 0.3) is 0 Å². The first kappa shape index (κ1) is 29.4. The molecule has 0 aromatic heterocycles. The van der Waals surface area contributed by atoms with Gasteiger partial charge in [-0.15, -0.1) is 0 Å². The van der Waals surface area contributed by atoms with Crippen LogP contribution in [0.5, 0.6) is 23.0 Å². The van der Waals surface area contributed by atoms with E-state index in [4.69, 9.17) is 19.7 Å². The number of hydrogen-bond acceptors (Lipinski definition) is 10. The number of phenolic OH excluding ortho intramolecular Hbond substituents is 2. The van der Waals surface area contributed by atoms with E-state index in [-0.39, 0.29) is 23.6 Å². The van der Waals surface area contributed by atoms with Gasteiger partial charge in [-0.2, -0.15) is 10.2 Å². The number of piperidine rings is 2. The van der Waals surface area contributed by atoms with Gasteiger partial charge in [-0.3, -0.25) is 9.80 Å². The summed E-state index contributed by atoms with van der Waals surface area (Å²) in [6.45, 7) is 3.86. The monoisotopic (exact) mass is 678 g/mol. The summed E-state index contributed by atoms with van der Waals surface area (Å²) >= 11 is 0. The highest BCUT2D eigenvalue weighted by Gasteiger charge is 2.74. The Morgan fingerprint density at radius 2 is 1.08 bits per heavy atom. The van der Waals surface area contributed by atoms with E-state index in [1.54, 1.807) is 12.1 Å². The Labute approximate surface area is 291 Å². The molecule has 10 aliphatic rings. The SMILES string of the molecule is Oc1ccc2c3c1O[C@H]1/C(=N/N=C4\CC[C@@]5(O)[C@H]6Cc7ccc(O)c8c7[C@@]5(CCN6CC5CC5)[C@H]4O8)CC[C@@]4(O)[C@@H](C2)N(CC2CC2)CC[C@]314. The molecule has 2 spiro atoms. The molecule has 12 rings (SSSR count). The average molecular weight is 679 g/mol. The summed E-state index contributed by atoms with van der Waals surface area (Å²) in [5, 5.41) is 58.0. The molecule has 4 heterocycles. The first-order valence-electron chi connectivity index (χ1n) is 19.4. The number of aliphatic hydroxyl groups is 2. The van der Waals surface area contributed by atoms with Crippen molar-refractivity contribution in [1.82, 2.24) is 9.80 Å². The molecule has 2 aromatic carbocycles. The molecule has 4 saturated carbocycles. The molecule has 6 fully saturated rings. The standard InChI is InChI=1S/C40H46N4O6/c45-27-7-5-23-17-29-39(47)11-9-25(35-37(39,31(23)33(27)49-35)13-15-43(29)19-21-1-2-21)41-42-26-10-12-40(48)30-18-24-6-8-28(46)34-32(24)38(40,36(26)50-34)14-16-44(30)20-22-3-4-22/h5-8,21-22,29-30,35-36,45-48H,1-4,9-20H2/b41-25+,42-26+/t29-,30-,35+,36+,37+,38+,39-,40-/m1/s1. The van der Waals surface area contributed by atoms with E-state index in [0.717, 1.165) is 86.2 Å². The molecule has 262 valence electrons. The highest BCUT2D eigenvalue weighted by atomic mass is 16.5. The molecular weight excluding hydrogens is 632 g/mol. The molecule has 4 bridgehead atoms. The molecule has 4 aliphatic heterocycles. The van der Waals surface area contributed by atoms with Gasteiger partial charge in [0.15, 0.2) is 35.2 Å². The Morgan fingerprint density at radius 1 is 0.640 bits per heavy atom. The van der Waals surface area contributed by atoms with Crippen molar-refractivity contribution in [2.24, 2.45) is 22.0 Å². The van der Waals surface area contributed by atoms with Gasteiger partial charge in [0.2, 0.25) is 0 Å². The van der Waals surface area contributed by atoms with E-state index in [2.05, 4.69) is 9.80 Å². The molecule has 2 aromatic rings. The molecule has 50 heavy (non-hydrogen) atoms. The zero-order valence-corrected chi connectivity index (χ0v) is 28.5. The number of nitrogens with zero attached hydrogens (tertiary/aromatic N) is 4. The van der Waals surface area contributed by atoms with Gasteiger partial charge in [-0.1, -0.05) is 12.1 Å². The van der Waals surface area contributed by atoms with Crippen LogP contribution in [-0.2, 0) is 23.7 Å². The fourth-order valence-electron chi connectivity index (χ4n) is 12.9. The second-order valence-electron chi connectivity index (χ2n) is 17.7. The van der Waals surface area contributed by atoms with Gasteiger partial charge in [-0.25, -0.2) is 0 Å². The molecule has 4 N–H and O–H groups in total. The number of aromatic hydroxyl groups is 2. The Hall–Kier alpha value is -3.18. The van der Waals surface area contributed by atoms with Gasteiger partial charge in [0, 0.05) is 36.3 Å². The molecule has 10 heteroatoms. The summed E-state index contributed by atoms with van der Waals surface area (Å²) in [6, 6.07) is 7.58. The van der Waals surface area contributed by atoms with Gasteiger partial charge in [-0.05, 0) is 125 Å². The predicted molar refractivity (Wildman–Crippen MR) is 184 cm³/mol. The highest BCUT2D eigenvalue weighted by molar-refractivity contribution is 5.97. The van der Waals surface area contributed by atoms with Crippen LogP contribution in [0, 0.1) is 11.8 Å². The number of ether oxygens (including phenoxy) is 2. The van der Waals surface area contributed by atoms with Gasteiger partial charge >= 0.3 is 0 Å². The second kappa shape index (κ2) is 9.43. The summed E-state index contributed by atoms with van der Waals surface area (Å²) in [6.07, 6.45) is 9.35. The normalized spacial score (nSPS) is 43.4. The van der Waals surface area contributed by atoms with Crippen molar-refractivity contribution in [2.75, 3.05) is 26.2 Å². The number of rotatable bonds is 5. The Bertz CT molecular complexity index is 1800. The van der Waals surface area contributed by atoms with E-state index >= 15 is 0 Å². The minimum Gasteiger partial charge on any atom is -0.504 e. The van der Waals surface area contributed by atoms with Crippen LogP contribution >= 0.6 is 0 Å². The van der Waals surface area contributed by atoms with Crippen molar-refractivity contribution >= 4 is 11.4 Å². The van der Waals surface area contributed by atoms with E-state index < -0.39 is 34.2 Å². The third kappa shape index (κ3) is 3.37. The third-order valence-electron chi connectivity index (χ3n) is 15.5. The number of benzene rings is 2. The van der Waals surface area contributed by atoms with E-state index in [9.17, 15) is 20.4 Å². The fraction of sp³-hybridized carbons (Fsp3) is 0.650. The van der Waals surface area contributed by atoms with Gasteiger partial charge < -0.3 is 29.9 Å². The lowest BCUT2D eigenvalue weighted by Gasteiger charge is -2.63. The van der Waals surface area contributed by atoms with Crippen LogP contribution in [0.15, 0.2) is 34.5 Å². The first-order valence-corrected chi connectivity index (χ1v) is 19.4. The van der Waals surface area contributed by atoms with Crippen molar-refractivity contribution in [3.8, 4) is 23.0 Å². The Morgan fingerprint density at radius 3 is 1.50 bits per heavy atom. The Balaban J connectivity index is 0.947. The van der Waals surface area contributed by atoms with E-state index in [1.165, 1.54) is 36.8 Å². The average Bonchev–Trinajstić information content (AvgIpc) is 4.03. The number of likely N-dealkylation sites (tertiary alicyclic amines) is 2. The lowest BCUT2D eigenvalue weighted by molar-refractivity contribution is -0.167. The molecule has 0 unspecified atom stereocenters.